The number of aliphatic hydroxyl groups is 1. The fourth-order valence-electron chi connectivity index (χ4n) is 4.03. The van der Waals surface area contributed by atoms with E-state index >= 15 is 0 Å². The largest absolute Gasteiger partial charge is 0.507 e. The van der Waals surface area contributed by atoms with E-state index in [1.54, 1.807) is 18.2 Å². The maximum atomic E-state index is 13.1. The van der Waals surface area contributed by atoms with Gasteiger partial charge >= 0.3 is 5.97 Å². The van der Waals surface area contributed by atoms with Crippen LogP contribution < -0.4 is 0 Å². The van der Waals surface area contributed by atoms with Gasteiger partial charge in [0.2, 0.25) is 0 Å². The SMILES string of the molecule is N#CC(=C(O)COC(=O)C1(c2ccc(Cl)cc2)CCCC1)c1nc2ccccc2[nH]1. The highest BCUT2D eigenvalue weighted by atomic mass is 35.5. The van der Waals surface area contributed by atoms with Gasteiger partial charge < -0.3 is 14.8 Å². The zero-order chi connectivity index (χ0) is 21.1. The van der Waals surface area contributed by atoms with Gasteiger partial charge in [-0.2, -0.15) is 5.26 Å². The maximum absolute atomic E-state index is 13.1. The molecule has 0 atom stereocenters. The molecule has 0 spiro atoms. The first-order valence-corrected chi connectivity index (χ1v) is 10.1. The van der Waals surface area contributed by atoms with Crippen LogP contribution in [0.5, 0.6) is 0 Å². The lowest BCUT2D eigenvalue weighted by Gasteiger charge is -2.27. The van der Waals surface area contributed by atoms with Crippen molar-refractivity contribution < 1.29 is 14.6 Å². The van der Waals surface area contributed by atoms with Crippen molar-refractivity contribution in [1.82, 2.24) is 9.97 Å². The number of aliphatic hydroxyl groups excluding tert-OH is 1. The van der Waals surface area contributed by atoms with Crippen molar-refractivity contribution in [2.75, 3.05) is 6.61 Å². The number of ether oxygens (including phenoxy) is 1. The molecule has 2 N–H and O–H groups in total. The molecule has 1 aliphatic rings. The fourth-order valence-corrected chi connectivity index (χ4v) is 4.15. The number of allylic oxidation sites excluding steroid dienone is 1. The summed E-state index contributed by atoms with van der Waals surface area (Å²) in [6, 6.07) is 16.5. The molecule has 0 aliphatic heterocycles. The summed E-state index contributed by atoms with van der Waals surface area (Å²) in [6.45, 7) is -0.395. The van der Waals surface area contributed by atoms with Gasteiger partial charge in [0.1, 0.15) is 18.2 Å². The number of aromatic amines is 1. The summed E-state index contributed by atoms with van der Waals surface area (Å²) in [7, 11) is 0. The Labute approximate surface area is 178 Å². The van der Waals surface area contributed by atoms with Gasteiger partial charge in [0.25, 0.3) is 0 Å². The minimum Gasteiger partial charge on any atom is -0.507 e. The van der Waals surface area contributed by atoms with E-state index in [9.17, 15) is 15.2 Å². The Morgan fingerprint density at radius 3 is 2.57 bits per heavy atom. The molecule has 1 fully saturated rings. The van der Waals surface area contributed by atoms with Gasteiger partial charge in [-0.25, -0.2) is 4.98 Å². The van der Waals surface area contributed by atoms with Crippen LogP contribution in [0.3, 0.4) is 0 Å². The third kappa shape index (κ3) is 3.64. The molecule has 1 aliphatic carbocycles. The zero-order valence-electron chi connectivity index (χ0n) is 16.2. The Morgan fingerprint density at radius 2 is 1.90 bits per heavy atom. The summed E-state index contributed by atoms with van der Waals surface area (Å²) in [5.74, 6) is -0.509. The molecular formula is C23H20ClN3O3. The number of hydrogen-bond donors (Lipinski definition) is 2. The smallest absolute Gasteiger partial charge is 0.317 e. The molecule has 0 radical (unpaired) electrons. The van der Waals surface area contributed by atoms with Gasteiger partial charge in [0.05, 0.1) is 16.4 Å². The Kier molecular flexibility index (Phi) is 5.47. The number of benzene rings is 2. The Balaban J connectivity index is 1.56. The van der Waals surface area contributed by atoms with Crippen molar-refractivity contribution in [3.05, 3.63) is 70.7 Å². The summed E-state index contributed by atoms with van der Waals surface area (Å²) >= 11 is 5.99. The number of H-pyrrole nitrogens is 1. The van der Waals surface area contributed by atoms with Crippen LogP contribution in [0.15, 0.2) is 54.3 Å². The van der Waals surface area contributed by atoms with Crippen molar-refractivity contribution in [3.63, 3.8) is 0 Å². The van der Waals surface area contributed by atoms with Crippen LogP contribution in [0.25, 0.3) is 16.6 Å². The van der Waals surface area contributed by atoms with Crippen LogP contribution in [0.4, 0.5) is 0 Å². The standard InChI is InChI=1S/C23H20ClN3O3/c24-16-9-7-15(8-10-16)23(11-3-4-12-23)22(29)30-14-20(28)17(13-25)21-26-18-5-1-2-6-19(18)27-21/h1-2,5-10,28H,3-4,11-12,14H2,(H,26,27). The average Bonchev–Trinajstić information content (AvgIpc) is 3.41. The fraction of sp³-hybridized carbons (Fsp3) is 0.261. The molecule has 0 unspecified atom stereocenters. The summed E-state index contributed by atoms with van der Waals surface area (Å²) in [6.07, 6.45) is 3.18. The Hall–Kier alpha value is -3.30. The number of esters is 1. The van der Waals surface area contributed by atoms with E-state index in [2.05, 4.69) is 9.97 Å². The van der Waals surface area contributed by atoms with E-state index in [0.717, 1.165) is 23.9 Å². The summed E-state index contributed by atoms with van der Waals surface area (Å²) in [5, 5.41) is 20.6. The molecule has 3 aromatic rings. The van der Waals surface area contributed by atoms with E-state index in [-0.39, 0.29) is 17.2 Å². The van der Waals surface area contributed by atoms with E-state index in [0.29, 0.717) is 23.4 Å². The third-order valence-electron chi connectivity index (χ3n) is 5.61. The topological polar surface area (TPSA) is 99.0 Å². The number of imidazole rings is 1. The number of fused-ring (bicyclic) bond motifs is 1. The maximum Gasteiger partial charge on any atom is 0.317 e. The number of rotatable bonds is 5. The van der Waals surface area contributed by atoms with Crippen molar-refractivity contribution in [2.45, 2.75) is 31.1 Å². The monoisotopic (exact) mass is 421 g/mol. The van der Waals surface area contributed by atoms with E-state index in [1.807, 2.05) is 36.4 Å². The minimum atomic E-state index is -0.753. The molecule has 7 heteroatoms. The van der Waals surface area contributed by atoms with Crippen molar-refractivity contribution in [3.8, 4) is 6.07 Å². The molecule has 6 nitrogen and oxygen atoms in total. The molecule has 1 heterocycles. The summed E-state index contributed by atoms with van der Waals surface area (Å²) in [4.78, 5) is 20.4. The van der Waals surface area contributed by atoms with Gasteiger partial charge in [-0.15, -0.1) is 0 Å². The highest BCUT2D eigenvalue weighted by molar-refractivity contribution is 6.30. The van der Waals surface area contributed by atoms with Gasteiger partial charge in [-0.3, -0.25) is 4.79 Å². The van der Waals surface area contributed by atoms with Gasteiger partial charge in [-0.1, -0.05) is 48.7 Å². The first-order chi connectivity index (χ1) is 14.5. The van der Waals surface area contributed by atoms with Crippen LogP contribution >= 0.6 is 11.6 Å². The number of nitrogens with one attached hydrogen (secondary N) is 1. The van der Waals surface area contributed by atoms with Gasteiger partial charge in [0, 0.05) is 5.02 Å². The highest BCUT2D eigenvalue weighted by Gasteiger charge is 2.44. The minimum absolute atomic E-state index is 0.0500. The molecule has 1 saturated carbocycles. The second kappa shape index (κ2) is 8.21. The average molecular weight is 422 g/mol. The molecule has 30 heavy (non-hydrogen) atoms. The number of hydrogen-bond acceptors (Lipinski definition) is 5. The van der Waals surface area contributed by atoms with Crippen molar-refractivity contribution >= 4 is 34.2 Å². The molecule has 0 saturated heterocycles. The quantitative estimate of drug-likeness (QED) is 0.340. The van der Waals surface area contributed by atoms with Crippen LogP contribution in [-0.4, -0.2) is 27.7 Å². The van der Waals surface area contributed by atoms with E-state index in [4.69, 9.17) is 16.3 Å². The highest BCUT2D eigenvalue weighted by Crippen LogP contribution is 2.42. The van der Waals surface area contributed by atoms with Crippen LogP contribution in [0, 0.1) is 11.3 Å². The summed E-state index contributed by atoms with van der Waals surface area (Å²) < 4.78 is 5.48. The zero-order valence-corrected chi connectivity index (χ0v) is 16.9. The number of carbonyl (C=O) groups excluding carboxylic acids is 1. The first-order valence-electron chi connectivity index (χ1n) is 9.74. The molecule has 0 amide bonds. The van der Waals surface area contributed by atoms with Crippen molar-refractivity contribution in [2.24, 2.45) is 0 Å². The normalized spacial score (nSPS) is 16.1. The van der Waals surface area contributed by atoms with Crippen molar-refractivity contribution in [1.29, 1.82) is 5.26 Å². The predicted octanol–water partition coefficient (Wildman–Crippen LogP) is 5.06. The Bertz CT molecular complexity index is 1120. The molecule has 1 aromatic heterocycles. The lowest BCUT2D eigenvalue weighted by molar-refractivity contribution is -0.150. The summed E-state index contributed by atoms with van der Waals surface area (Å²) in [5.41, 5.74) is 1.48. The molecule has 152 valence electrons. The number of nitrogens with zero attached hydrogens (tertiary/aromatic N) is 2. The number of nitriles is 1. The van der Waals surface area contributed by atoms with E-state index in [1.165, 1.54) is 0 Å². The third-order valence-corrected chi connectivity index (χ3v) is 5.86. The molecular weight excluding hydrogens is 402 g/mol. The molecule has 2 aromatic carbocycles. The van der Waals surface area contributed by atoms with Crippen LogP contribution in [0.2, 0.25) is 5.02 Å². The van der Waals surface area contributed by atoms with Crippen LogP contribution in [-0.2, 0) is 14.9 Å². The predicted molar refractivity (Wildman–Crippen MR) is 114 cm³/mol. The first kappa shape index (κ1) is 20.0. The number of halogens is 1. The number of carbonyl (C=O) groups is 1. The number of aromatic nitrogens is 2. The second-order valence-corrected chi connectivity index (χ2v) is 7.84. The van der Waals surface area contributed by atoms with Gasteiger partial charge in [0.15, 0.2) is 11.6 Å². The molecule has 4 rings (SSSR count). The second-order valence-electron chi connectivity index (χ2n) is 7.41. The lowest BCUT2D eigenvalue weighted by atomic mass is 9.79. The number of para-hydroxylation sites is 2. The van der Waals surface area contributed by atoms with Crippen LogP contribution in [0.1, 0.15) is 37.1 Å². The Morgan fingerprint density at radius 1 is 1.20 bits per heavy atom. The van der Waals surface area contributed by atoms with E-state index < -0.39 is 18.0 Å². The lowest BCUT2D eigenvalue weighted by Crippen LogP contribution is -2.35. The molecule has 0 bridgehead atoms. The van der Waals surface area contributed by atoms with Gasteiger partial charge in [-0.05, 0) is 42.7 Å².